The van der Waals surface area contributed by atoms with Gasteiger partial charge in [-0.2, -0.15) is 16.1 Å². The van der Waals surface area contributed by atoms with Crippen molar-refractivity contribution in [3.63, 3.8) is 0 Å². The molecule has 0 spiro atoms. The number of rotatable bonds is 5. The van der Waals surface area contributed by atoms with Crippen LogP contribution in [0.2, 0.25) is 0 Å². The molecule has 128 valence electrons. The van der Waals surface area contributed by atoms with Crippen LogP contribution in [0.5, 0.6) is 0 Å². The maximum atomic E-state index is 13.0. The zero-order chi connectivity index (χ0) is 17.0. The molecule has 1 aliphatic rings. The van der Waals surface area contributed by atoms with Crippen LogP contribution in [0.4, 0.5) is 0 Å². The maximum absolute atomic E-state index is 13.0. The van der Waals surface area contributed by atoms with Gasteiger partial charge in [-0.3, -0.25) is 4.79 Å². The predicted molar refractivity (Wildman–Crippen MR) is 94.6 cm³/mol. The van der Waals surface area contributed by atoms with E-state index in [0.717, 1.165) is 17.9 Å². The minimum atomic E-state index is -3.54. The number of benzene rings is 1. The molecule has 0 amide bonds. The summed E-state index contributed by atoms with van der Waals surface area (Å²) in [6.07, 6.45) is 0.860. The molecular weight excluding hydrogens is 332 g/mol. The van der Waals surface area contributed by atoms with Gasteiger partial charge in [-0.25, -0.2) is 8.42 Å². The van der Waals surface area contributed by atoms with Gasteiger partial charge in [-0.1, -0.05) is 12.1 Å². The van der Waals surface area contributed by atoms with E-state index in [1.807, 2.05) is 30.8 Å². The lowest BCUT2D eigenvalue weighted by Crippen LogP contribution is -2.46. The minimum Gasteiger partial charge on any atom is -0.308 e. The van der Waals surface area contributed by atoms with Crippen molar-refractivity contribution in [2.45, 2.75) is 24.3 Å². The van der Waals surface area contributed by atoms with Gasteiger partial charge >= 0.3 is 0 Å². The van der Waals surface area contributed by atoms with Crippen molar-refractivity contribution in [3.05, 3.63) is 29.8 Å². The van der Waals surface area contributed by atoms with Crippen LogP contribution in [0.3, 0.4) is 0 Å². The number of carbonyl (C=O) groups excluding carboxylic acids is 1. The molecular formula is C16H24N2O3S2. The Morgan fingerprint density at radius 1 is 1.30 bits per heavy atom. The minimum absolute atomic E-state index is 0.0324. The molecule has 0 bridgehead atoms. The van der Waals surface area contributed by atoms with E-state index in [-0.39, 0.29) is 16.7 Å². The first-order valence-electron chi connectivity index (χ1n) is 7.67. The Balaban J connectivity index is 2.32. The second kappa shape index (κ2) is 7.79. The fourth-order valence-corrected chi connectivity index (χ4v) is 5.49. The summed E-state index contributed by atoms with van der Waals surface area (Å²) >= 11 is 1.81. The summed E-state index contributed by atoms with van der Waals surface area (Å²) in [5.74, 6) is 1.73. The van der Waals surface area contributed by atoms with E-state index in [2.05, 4.69) is 0 Å². The molecule has 0 aromatic heterocycles. The Morgan fingerprint density at radius 3 is 2.52 bits per heavy atom. The smallest absolute Gasteiger partial charge is 0.243 e. The van der Waals surface area contributed by atoms with E-state index < -0.39 is 10.0 Å². The molecule has 1 saturated heterocycles. The van der Waals surface area contributed by atoms with E-state index >= 15 is 0 Å². The SMILES string of the molecule is CC(=O)c1ccc(S(=O)(=O)N2CCCSCC2CN(C)C)cc1. The quantitative estimate of drug-likeness (QED) is 0.755. The average Bonchev–Trinajstić information content (AvgIpc) is 2.72. The van der Waals surface area contributed by atoms with Crippen LogP contribution in [0, 0.1) is 0 Å². The fraction of sp³-hybridized carbons (Fsp3) is 0.562. The Labute approximate surface area is 143 Å². The molecule has 1 fully saturated rings. The lowest BCUT2D eigenvalue weighted by Gasteiger charge is -2.30. The monoisotopic (exact) mass is 356 g/mol. The maximum Gasteiger partial charge on any atom is 0.243 e. The first-order chi connectivity index (χ1) is 10.8. The molecule has 0 N–H and O–H groups in total. The zero-order valence-electron chi connectivity index (χ0n) is 13.9. The van der Waals surface area contributed by atoms with Crippen molar-refractivity contribution in [1.29, 1.82) is 0 Å². The van der Waals surface area contributed by atoms with Crippen LogP contribution in [-0.2, 0) is 10.0 Å². The normalized spacial score (nSPS) is 20.4. The average molecular weight is 357 g/mol. The molecule has 1 atom stereocenters. The summed E-state index contributed by atoms with van der Waals surface area (Å²) < 4.78 is 27.7. The summed E-state index contributed by atoms with van der Waals surface area (Å²) in [6.45, 7) is 2.72. The number of Topliss-reactive ketones (excluding diaryl/α,β-unsaturated/α-hetero) is 1. The third-order valence-electron chi connectivity index (χ3n) is 3.83. The van der Waals surface area contributed by atoms with Gasteiger partial charge in [0.25, 0.3) is 0 Å². The highest BCUT2D eigenvalue weighted by Gasteiger charge is 2.32. The van der Waals surface area contributed by atoms with E-state index in [9.17, 15) is 13.2 Å². The topological polar surface area (TPSA) is 57.7 Å². The largest absolute Gasteiger partial charge is 0.308 e. The zero-order valence-corrected chi connectivity index (χ0v) is 15.5. The molecule has 5 nitrogen and oxygen atoms in total. The van der Waals surface area contributed by atoms with E-state index in [4.69, 9.17) is 0 Å². The van der Waals surface area contributed by atoms with Gasteiger partial charge < -0.3 is 4.90 Å². The molecule has 1 heterocycles. The van der Waals surface area contributed by atoms with Crippen molar-refractivity contribution in [2.75, 3.05) is 38.7 Å². The lowest BCUT2D eigenvalue weighted by molar-refractivity contribution is 0.101. The number of sulfonamides is 1. The Kier molecular flexibility index (Phi) is 6.25. The van der Waals surface area contributed by atoms with Gasteiger partial charge in [-0.05, 0) is 45.3 Å². The van der Waals surface area contributed by atoms with Crippen molar-refractivity contribution in [3.8, 4) is 0 Å². The summed E-state index contributed by atoms with van der Waals surface area (Å²) in [7, 11) is 0.380. The van der Waals surface area contributed by atoms with Crippen LogP contribution in [0.15, 0.2) is 29.2 Å². The van der Waals surface area contributed by atoms with Crippen LogP contribution in [0.25, 0.3) is 0 Å². The second-order valence-corrected chi connectivity index (χ2v) is 9.08. The summed E-state index contributed by atoms with van der Waals surface area (Å²) in [5.41, 5.74) is 0.528. The van der Waals surface area contributed by atoms with Crippen LogP contribution in [0.1, 0.15) is 23.7 Å². The summed E-state index contributed by atoms with van der Waals surface area (Å²) in [4.78, 5) is 13.6. The van der Waals surface area contributed by atoms with Gasteiger partial charge in [0.05, 0.1) is 4.90 Å². The van der Waals surface area contributed by atoms with Gasteiger partial charge in [0, 0.05) is 30.4 Å². The Hall–Kier alpha value is -0.890. The van der Waals surface area contributed by atoms with Gasteiger partial charge in [0.2, 0.25) is 10.0 Å². The van der Waals surface area contributed by atoms with Crippen LogP contribution in [-0.4, -0.2) is 68.1 Å². The molecule has 0 saturated carbocycles. The van der Waals surface area contributed by atoms with Gasteiger partial charge in [-0.15, -0.1) is 0 Å². The molecule has 0 aliphatic carbocycles. The number of likely N-dealkylation sites (N-methyl/N-ethyl adjacent to an activating group) is 1. The number of hydrogen-bond donors (Lipinski definition) is 0. The van der Waals surface area contributed by atoms with Gasteiger partial charge in [0.1, 0.15) is 0 Å². The molecule has 2 rings (SSSR count). The van der Waals surface area contributed by atoms with Crippen molar-refractivity contribution < 1.29 is 13.2 Å². The Bertz CT molecular complexity index is 642. The molecule has 0 radical (unpaired) electrons. The van der Waals surface area contributed by atoms with E-state index in [1.165, 1.54) is 19.1 Å². The predicted octanol–water partition coefficient (Wildman–Crippen LogP) is 1.95. The van der Waals surface area contributed by atoms with Gasteiger partial charge in [0.15, 0.2) is 5.78 Å². The van der Waals surface area contributed by atoms with Crippen LogP contribution >= 0.6 is 11.8 Å². The number of ketones is 1. The molecule has 23 heavy (non-hydrogen) atoms. The molecule has 1 aromatic rings. The number of thioether (sulfide) groups is 1. The van der Waals surface area contributed by atoms with E-state index in [1.54, 1.807) is 16.4 Å². The standard InChI is InChI=1S/C16H24N2O3S2/c1-13(19)14-5-7-16(8-6-14)23(20,21)18-9-4-10-22-12-15(18)11-17(2)3/h5-8,15H,4,9-12H2,1-3H3. The lowest BCUT2D eigenvalue weighted by atomic mass is 10.2. The number of nitrogens with zero attached hydrogens (tertiary/aromatic N) is 2. The number of carbonyl (C=O) groups is 1. The fourth-order valence-electron chi connectivity index (χ4n) is 2.69. The van der Waals surface area contributed by atoms with Crippen molar-refractivity contribution in [2.24, 2.45) is 0 Å². The molecule has 1 unspecified atom stereocenters. The summed E-state index contributed by atoms with van der Waals surface area (Å²) in [5, 5.41) is 0. The summed E-state index contributed by atoms with van der Waals surface area (Å²) in [6, 6.07) is 6.22. The highest BCUT2D eigenvalue weighted by atomic mass is 32.2. The molecule has 1 aromatic carbocycles. The highest BCUT2D eigenvalue weighted by molar-refractivity contribution is 7.99. The van der Waals surface area contributed by atoms with Crippen molar-refractivity contribution in [1.82, 2.24) is 9.21 Å². The molecule has 7 heteroatoms. The van der Waals surface area contributed by atoms with Crippen molar-refractivity contribution >= 4 is 27.6 Å². The second-order valence-electron chi connectivity index (χ2n) is 6.04. The number of hydrogen-bond acceptors (Lipinski definition) is 5. The first-order valence-corrected chi connectivity index (χ1v) is 10.3. The van der Waals surface area contributed by atoms with Crippen LogP contribution < -0.4 is 0 Å². The first kappa shape index (κ1) is 18.4. The highest BCUT2D eigenvalue weighted by Crippen LogP contribution is 2.25. The third kappa shape index (κ3) is 4.56. The molecule has 1 aliphatic heterocycles. The Morgan fingerprint density at radius 2 is 1.96 bits per heavy atom. The van der Waals surface area contributed by atoms with E-state index in [0.29, 0.717) is 18.7 Å². The third-order valence-corrected chi connectivity index (χ3v) is 6.99.